The van der Waals surface area contributed by atoms with Crippen molar-refractivity contribution in [2.45, 2.75) is 19.6 Å². The van der Waals surface area contributed by atoms with E-state index in [1.165, 1.54) is 42.0 Å². The van der Waals surface area contributed by atoms with Gasteiger partial charge in [-0.05, 0) is 31.2 Å². The molecule has 0 spiro atoms. The molecule has 1 N–H and O–H groups in total. The fraction of sp³-hybridized carbons (Fsp3) is 0.176. The van der Waals surface area contributed by atoms with Crippen molar-refractivity contribution >= 4 is 29.2 Å². The predicted octanol–water partition coefficient (Wildman–Crippen LogP) is 1.94. The van der Waals surface area contributed by atoms with Crippen LogP contribution in [0.4, 0.5) is 5.69 Å². The Morgan fingerprint density at radius 2 is 2.12 bits per heavy atom. The second kappa shape index (κ2) is 8.13. The third-order valence-electron chi connectivity index (χ3n) is 3.23. The van der Waals surface area contributed by atoms with Crippen LogP contribution in [-0.4, -0.2) is 22.5 Å². The number of benzene rings is 1. The predicted molar refractivity (Wildman–Crippen MR) is 91.1 cm³/mol. The van der Waals surface area contributed by atoms with Crippen LogP contribution in [0.3, 0.4) is 0 Å². The number of amides is 1. The molecule has 0 unspecified atom stereocenters. The Morgan fingerprint density at radius 3 is 2.76 bits per heavy atom. The molecule has 0 bridgehead atoms. The molecule has 0 saturated heterocycles. The molecule has 1 amide bonds. The Morgan fingerprint density at radius 1 is 1.36 bits per heavy atom. The molecular formula is C17H14ClN3O4. The molecule has 2 aromatic rings. The number of pyridine rings is 1. The lowest BCUT2D eigenvalue weighted by Gasteiger charge is -2.14. The first-order valence-electron chi connectivity index (χ1n) is 7.26. The molecule has 0 aliphatic heterocycles. The maximum atomic E-state index is 12.1. The number of hydrogen-bond acceptors (Lipinski definition) is 5. The molecule has 0 radical (unpaired) electrons. The summed E-state index contributed by atoms with van der Waals surface area (Å²) < 4.78 is 6.20. The van der Waals surface area contributed by atoms with Gasteiger partial charge in [-0.3, -0.25) is 14.4 Å². The standard InChI is InChI=1S/C17H14ClN3O4/c1-11(25-16(23)10-21-7-3-2-4-15(21)22)17(24)20-13-6-5-12(9-19)14(18)8-13/h2-8,11H,10H2,1H3,(H,20,24)/t11-/m1/s1. The fourth-order valence-electron chi connectivity index (χ4n) is 1.95. The van der Waals surface area contributed by atoms with E-state index in [0.717, 1.165) is 0 Å². The molecule has 25 heavy (non-hydrogen) atoms. The molecule has 7 nitrogen and oxygen atoms in total. The summed E-state index contributed by atoms with van der Waals surface area (Å²) in [5.41, 5.74) is 0.312. The van der Waals surface area contributed by atoms with Crippen molar-refractivity contribution in [2.75, 3.05) is 5.32 Å². The number of halogens is 1. The van der Waals surface area contributed by atoms with E-state index in [1.807, 2.05) is 6.07 Å². The summed E-state index contributed by atoms with van der Waals surface area (Å²) in [6.07, 6.45) is 0.383. The molecule has 1 heterocycles. The van der Waals surface area contributed by atoms with Gasteiger partial charge < -0.3 is 14.6 Å². The second-order valence-electron chi connectivity index (χ2n) is 5.09. The molecule has 0 saturated carbocycles. The van der Waals surface area contributed by atoms with E-state index < -0.39 is 18.0 Å². The van der Waals surface area contributed by atoms with E-state index in [-0.39, 0.29) is 22.7 Å². The Kier molecular flexibility index (Phi) is 5.93. The molecule has 1 atom stereocenters. The Balaban J connectivity index is 1.95. The Bertz CT molecular complexity index is 901. The van der Waals surface area contributed by atoms with E-state index >= 15 is 0 Å². The van der Waals surface area contributed by atoms with Crippen LogP contribution >= 0.6 is 11.6 Å². The van der Waals surface area contributed by atoms with Crippen LogP contribution < -0.4 is 10.9 Å². The Hall–Kier alpha value is -3.11. The van der Waals surface area contributed by atoms with Crippen molar-refractivity contribution in [1.29, 1.82) is 5.26 Å². The van der Waals surface area contributed by atoms with E-state index in [0.29, 0.717) is 5.69 Å². The van der Waals surface area contributed by atoms with E-state index in [2.05, 4.69) is 5.32 Å². The first-order valence-corrected chi connectivity index (χ1v) is 7.64. The average Bonchev–Trinajstić information content (AvgIpc) is 2.57. The van der Waals surface area contributed by atoms with Gasteiger partial charge in [-0.15, -0.1) is 0 Å². The minimum Gasteiger partial charge on any atom is -0.451 e. The highest BCUT2D eigenvalue weighted by Gasteiger charge is 2.18. The fourth-order valence-corrected chi connectivity index (χ4v) is 2.17. The van der Waals surface area contributed by atoms with Gasteiger partial charge in [-0.2, -0.15) is 5.26 Å². The average molecular weight is 360 g/mol. The van der Waals surface area contributed by atoms with Gasteiger partial charge in [0.05, 0.1) is 10.6 Å². The lowest BCUT2D eigenvalue weighted by atomic mass is 10.2. The van der Waals surface area contributed by atoms with Crippen LogP contribution in [0.15, 0.2) is 47.4 Å². The largest absolute Gasteiger partial charge is 0.451 e. The number of rotatable bonds is 5. The van der Waals surface area contributed by atoms with Crippen LogP contribution in [0, 0.1) is 11.3 Å². The third kappa shape index (κ3) is 4.93. The molecule has 128 valence electrons. The number of ether oxygens (including phenoxy) is 1. The number of nitrogens with zero attached hydrogens (tertiary/aromatic N) is 2. The smallest absolute Gasteiger partial charge is 0.326 e. The van der Waals surface area contributed by atoms with E-state index in [9.17, 15) is 14.4 Å². The van der Waals surface area contributed by atoms with Gasteiger partial charge in [-0.1, -0.05) is 17.7 Å². The van der Waals surface area contributed by atoms with Crippen molar-refractivity contribution in [2.24, 2.45) is 0 Å². The summed E-state index contributed by atoms with van der Waals surface area (Å²) in [5, 5.41) is 11.6. The monoisotopic (exact) mass is 359 g/mol. The third-order valence-corrected chi connectivity index (χ3v) is 3.55. The van der Waals surface area contributed by atoms with E-state index in [1.54, 1.807) is 12.1 Å². The number of aromatic nitrogens is 1. The van der Waals surface area contributed by atoms with Gasteiger partial charge in [0.25, 0.3) is 11.5 Å². The topological polar surface area (TPSA) is 101 Å². The van der Waals surface area contributed by atoms with Gasteiger partial charge >= 0.3 is 5.97 Å². The van der Waals surface area contributed by atoms with Crippen molar-refractivity contribution in [3.63, 3.8) is 0 Å². The van der Waals surface area contributed by atoms with Crippen molar-refractivity contribution in [1.82, 2.24) is 4.57 Å². The maximum Gasteiger partial charge on any atom is 0.326 e. The van der Waals surface area contributed by atoms with Gasteiger partial charge in [0.1, 0.15) is 12.6 Å². The lowest BCUT2D eigenvalue weighted by Crippen LogP contribution is -2.32. The van der Waals surface area contributed by atoms with E-state index in [4.69, 9.17) is 21.6 Å². The normalized spacial score (nSPS) is 11.2. The number of carbonyl (C=O) groups is 2. The number of carbonyl (C=O) groups excluding carboxylic acids is 2. The highest BCUT2D eigenvalue weighted by Crippen LogP contribution is 2.20. The van der Waals surface area contributed by atoms with Crippen LogP contribution in [0.5, 0.6) is 0 Å². The van der Waals surface area contributed by atoms with Crippen LogP contribution in [-0.2, 0) is 20.9 Å². The highest BCUT2D eigenvalue weighted by atomic mass is 35.5. The lowest BCUT2D eigenvalue weighted by molar-refractivity contribution is -0.153. The quantitative estimate of drug-likeness (QED) is 0.822. The maximum absolute atomic E-state index is 12.1. The summed E-state index contributed by atoms with van der Waals surface area (Å²) in [6, 6.07) is 10.8. The summed E-state index contributed by atoms with van der Waals surface area (Å²) in [4.78, 5) is 35.5. The molecular weight excluding hydrogens is 346 g/mol. The minimum absolute atomic E-state index is 0.202. The SMILES string of the molecule is C[C@@H](OC(=O)Cn1ccccc1=O)C(=O)Nc1ccc(C#N)c(Cl)c1. The summed E-state index contributed by atoms with van der Waals surface area (Å²) >= 11 is 5.89. The van der Waals surface area contributed by atoms with Gasteiger partial charge in [-0.25, -0.2) is 0 Å². The second-order valence-corrected chi connectivity index (χ2v) is 5.50. The molecule has 1 aromatic carbocycles. The van der Waals surface area contributed by atoms with Gasteiger partial charge in [0.15, 0.2) is 6.10 Å². The van der Waals surface area contributed by atoms with Gasteiger partial charge in [0, 0.05) is 18.0 Å². The zero-order valence-electron chi connectivity index (χ0n) is 13.2. The number of nitriles is 1. The number of nitrogens with one attached hydrogen (secondary N) is 1. The minimum atomic E-state index is -1.07. The molecule has 8 heteroatoms. The molecule has 0 aliphatic rings. The van der Waals surface area contributed by atoms with Crippen molar-refractivity contribution < 1.29 is 14.3 Å². The zero-order valence-corrected chi connectivity index (χ0v) is 14.0. The molecule has 0 aliphatic carbocycles. The van der Waals surface area contributed by atoms with Crippen molar-refractivity contribution in [3.8, 4) is 6.07 Å². The highest BCUT2D eigenvalue weighted by molar-refractivity contribution is 6.32. The summed E-state index contributed by atoms with van der Waals surface area (Å²) in [5.74, 6) is -1.27. The first-order chi connectivity index (χ1) is 11.9. The number of anilines is 1. The van der Waals surface area contributed by atoms with Crippen LogP contribution in [0.2, 0.25) is 5.02 Å². The summed E-state index contributed by atoms with van der Waals surface area (Å²) in [6.45, 7) is 1.12. The number of esters is 1. The Labute approximate surface area is 148 Å². The molecule has 1 aromatic heterocycles. The van der Waals surface area contributed by atoms with Crippen molar-refractivity contribution in [3.05, 3.63) is 63.5 Å². The zero-order chi connectivity index (χ0) is 18.4. The van der Waals surface area contributed by atoms with Crippen LogP contribution in [0.25, 0.3) is 0 Å². The van der Waals surface area contributed by atoms with Gasteiger partial charge in [0.2, 0.25) is 0 Å². The van der Waals surface area contributed by atoms with Crippen LogP contribution in [0.1, 0.15) is 12.5 Å². The number of hydrogen-bond donors (Lipinski definition) is 1. The molecule has 2 rings (SSSR count). The molecule has 0 fully saturated rings. The first kappa shape index (κ1) is 18.2. The summed E-state index contributed by atoms with van der Waals surface area (Å²) in [7, 11) is 0.